The minimum Gasteiger partial charge on any atom is -0.304 e. The maximum Gasteiger partial charge on any atom is 0.332 e. The third kappa shape index (κ3) is 2.46. The molecule has 1 aromatic heterocycles. The van der Waals surface area contributed by atoms with Crippen LogP contribution in [0.15, 0.2) is 41.5 Å². The van der Waals surface area contributed by atoms with Gasteiger partial charge in [0, 0.05) is 19.4 Å². The van der Waals surface area contributed by atoms with Crippen LogP contribution < -0.4 is 11.6 Å². The zero-order valence-corrected chi connectivity index (χ0v) is 9.67. The Hall–Kier alpha value is -1.85. The number of aromatic nitrogens is 2. The molecule has 0 bridgehead atoms. The van der Waals surface area contributed by atoms with Crippen LogP contribution in [0.25, 0.3) is 5.69 Å². The third-order valence-corrected chi connectivity index (χ3v) is 2.67. The molecule has 0 spiro atoms. The maximum absolute atomic E-state index is 11.7. The highest BCUT2D eigenvalue weighted by molar-refractivity contribution is 5.34. The molecule has 90 valence electrons. The zero-order valence-electron chi connectivity index (χ0n) is 9.67. The van der Waals surface area contributed by atoms with Gasteiger partial charge in [-0.05, 0) is 24.1 Å². The highest BCUT2D eigenvalue weighted by Crippen LogP contribution is 2.08. The molecular formula is C12H15N3O2. The van der Waals surface area contributed by atoms with E-state index in [2.05, 4.69) is 4.84 Å². The average molecular weight is 233 g/mol. The summed E-state index contributed by atoms with van der Waals surface area (Å²) in [7, 11) is 1.73. The summed E-state index contributed by atoms with van der Waals surface area (Å²) in [5.41, 5.74) is 1.93. The van der Waals surface area contributed by atoms with Crippen LogP contribution in [0.4, 0.5) is 0 Å². The van der Waals surface area contributed by atoms with Gasteiger partial charge in [-0.3, -0.25) is 4.57 Å². The van der Waals surface area contributed by atoms with E-state index in [9.17, 15) is 4.79 Å². The summed E-state index contributed by atoms with van der Waals surface area (Å²) in [6.07, 6.45) is 4.25. The van der Waals surface area contributed by atoms with Gasteiger partial charge in [0.05, 0.1) is 12.3 Å². The molecule has 0 radical (unpaired) electrons. The van der Waals surface area contributed by atoms with Crippen molar-refractivity contribution in [3.8, 4) is 5.69 Å². The topological polar surface area (TPSA) is 62.2 Å². The number of aryl methyl sites for hydroxylation is 1. The number of nitrogens with two attached hydrogens (primary N) is 1. The van der Waals surface area contributed by atoms with E-state index >= 15 is 0 Å². The smallest absolute Gasteiger partial charge is 0.304 e. The van der Waals surface area contributed by atoms with Crippen LogP contribution >= 0.6 is 0 Å². The lowest BCUT2D eigenvalue weighted by molar-refractivity contribution is 0.141. The molecule has 0 amide bonds. The molecule has 0 aliphatic heterocycles. The third-order valence-electron chi connectivity index (χ3n) is 2.67. The molecule has 1 heterocycles. The molecule has 5 nitrogen and oxygen atoms in total. The Balaban J connectivity index is 2.23. The van der Waals surface area contributed by atoms with Gasteiger partial charge in [-0.15, -0.1) is 0 Å². The number of rotatable bonds is 4. The van der Waals surface area contributed by atoms with E-state index in [0.29, 0.717) is 6.61 Å². The first-order valence-corrected chi connectivity index (χ1v) is 5.37. The Bertz CT molecular complexity index is 540. The highest BCUT2D eigenvalue weighted by atomic mass is 16.6. The van der Waals surface area contributed by atoms with E-state index in [4.69, 9.17) is 5.90 Å². The summed E-state index contributed by atoms with van der Waals surface area (Å²) in [4.78, 5) is 16.2. The van der Waals surface area contributed by atoms with Crippen LogP contribution in [0.1, 0.15) is 5.56 Å². The van der Waals surface area contributed by atoms with Gasteiger partial charge in [0.1, 0.15) is 0 Å². The van der Waals surface area contributed by atoms with Crippen LogP contribution in [-0.2, 0) is 18.3 Å². The number of benzene rings is 1. The van der Waals surface area contributed by atoms with Crippen LogP contribution in [0, 0.1) is 0 Å². The maximum atomic E-state index is 11.7. The first-order chi connectivity index (χ1) is 8.22. The van der Waals surface area contributed by atoms with Crippen molar-refractivity contribution in [3.05, 3.63) is 52.7 Å². The zero-order chi connectivity index (χ0) is 12.3. The monoisotopic (exact) mass is 233 g/mol. The van der Waals surface area contributed by atoms with Crippen molar-refractivity contribution in [3.63, 3.8) is 0 Å². The predicted octanol–water partition coefficient (Wildman–Crippen LogP) is 0.609. The number of hydrogen-bond donors (Lipinski definition) is 1. The average Bonchev–Trinajstić information content (AvgIpc) is 2.68. The van der Waals surface area contributed by atoms with Gasteiger partial charge < -0.3 is 9.40 Å². The van der Waals surface area contributed by atoms with Crippen LogP contribution in [0.2, 0.25) is 0 Å². The van der Waals surface area contributed by atoms with E-state index < -0.39 is 0 Å². The summed E-state index contributed by atoms with van der Waals surface area (Å²) in [5, 5.41) is 0. The van der Waals surface area contributed by atoms with Crippen molar-refractivity contribution >= 4 is 0 Å². The molecule has 1 aromatic carbocycles. The van der Waals surface area contributed by atoms with Gasteiger partial charge in [-0.2, -0.15) is 0 Å². The standard InChI is InChI=1S/C12H15N3O2/c1-14-7-8-15(12(14)16)11-4-2-10(3-5-11)6-9-17-13/h2-5,7-8H,6,9,13H2,1H3. The fourth-order valence-corrected chi connectivity index (χ4v) is 1.66. The number of imidazole rings is 1. The Labute approximate surface area is 99.0 Å². The minimum atomic E-state index is -0.0527. The quantitative estimate of drug-likeness (QED) is 0.787. The molecule has 0 fully saturated rings. The minimum absolute atomic E-state index is 0.0527. The summed E-state index contributed by atoms with van der Waals surface area (Å²) < 4.78 is 3.14. The Morgan fingerprint density at radius 2 is 1.94 bits per heavy atom. The van der Waals surface area contributed by atoms with E-state index in [-0.39, 0.29) is 5.69 Å². The summed E-state index contributed by atoms with van der Waals surface area (Å²) >= 11 is 0. The summed E-state index contributed by atoms with van der Waals surface area (Å²) in [6, 6.07) is 7.75. The van der Waals surface area contributed by atoms with Crippen molar-refractivity contribution in [1.82, 2.24) is 9.13 Å². The number of hydrogen-bond acceptors (Lipinski definition) is 3. The first kappa shape index (κ1) is 11.6. The lowest BCUT2D eigenvalue weighted by Crippen LogP contribution is -2.20. The predicted molar refractivity (Wildman–Crippen MR) is 64.9 cm³/mol. The molecule has 2 N–H and O–H groups in total. The van der Waals surface area contributed by atoms with Gasteiger partial charge in [0.2, 0.25) is 0 Å². The molecule has 17 heavy (non-hydrogen) atoms. The van der Waals surface area contributed by atoms with Gasteiger partial charge in [0.15, 0.2) is 0 Å². The van der Waals surface area contributed by atoms with E-state index in [1.54, 1.807) is 24.0 Å². The summed E-state index contributed by atoms with van der Waals surface area (Å²) in [6.45, 7) is 0.491. The number of nitrogens with zero attached hydrogens (tertiary/aromatic N) is 2. The SMILES string of the molecule is Cn1ccn(-c2ccc(CCON)cc2)c1=O. The Morgan fingerprint density at radius 3 is 2.47 bits per heavy atom. The molecule has 2 aromatic rings. The van der Waals surface area contributed by atoms with Gasteiger partial charge in [0.25, 0.3) is 0 Å². The molecule has 2 rings (SSSR count). The van der Waals surface area contributed by atoms with Crippen molar-refractivity contribution in [2.75, 3.05) is 6.61 Å². The fraction of sp³-hybridized carbons (Fsp3) is 0.250. The fourth-order valence-electron chi connectivity index (χ4n) is 1.66. The molecule has 0 aliphatic rings. The molecular weight excluding hydrogens is 218 g/mol. The second-order valence-corrected chi connectivity index (χ2v) is 3.85. The van der Waals surface area contributed by atoms with Gasteiger partial charge in [-0.25, -0.2) is 10.7 Å². The van der Waals surface area contributed by atoms with Gasteiger partial charge >= 0.3 is 5.69 Å². The van der Waals surface area contributed by atoms with E-state index in [1.807, 2.05) is 24.3 Å². The normalized spacial score (nSPS) is 10.7. The molecule has 5 heteroatoms. The largest absolute Gasteiger partial charge is 0.332 e. The molecule has 0 unspecified atom stereocenters. The van der Waals surface area contributed by atoms with Crippen LogP contribution in [0.3, 0.4) is 0 Å². The summed E-state index contributed by atoms with van der Waals surface area (Å²) in [5.74, 6) is 4.97. The van der Waals surface area contributed by atoms with Crippen molar-refractivity contribution < 1.29 is 4.84 Å². The van der Waals surface area contributed by atoms with Crippen molar-refractivity contribution in [2.45, 2.75) is 6.42 Å². The van der Waals surface area contributed by atoms with Crippen molar-refractivity contribution in [2.24, 2.45) is 12.9 Å². The molecule has 0 saturated carbocycles. The Kier molecular flexibility index (Phi) is 3.41. The van der Waals surface area contributed by atoms with E-state index in [1.165, 1.54) is 4.57 Å². The highest BCUT2D eigenvalue weighted by Gasteiger charge is 2.02. The van der Waals surface area contributed by atoms with Crippen LogP contribution in [-0.4, -0.2) is 15.7 Å². The molecule has 0 saturated heterocycles. The lowest BCUT2D eigenvalue weighted by atomic mass is 10.1. The Morgan fingerprint density at radius 1 is 1.24 bits per heavy atom. The second kappa shape index (κ2) is 4.99. The second-order valence-electron chi connectivity index (χ2n) is 3.85. The molecule has 0 atom stereocenters. The lowest BCUT2D eigenvalue weighted by Gasteiger charge is -2.03. The molecule has 0 aliphatic carbocycles. The van der Waals surface area contributed by atoms with Crippen LogP contribution in [0.5, 0.6) is 0 Å². The van der Waals surface area contributed by atoms with E-state index in [0.717, 1.165) is 17.7 Å². The first-order valence-electron chi connectivity index (χ1n) is 5.37. The van der Waals surface area contributed by atoms with Crippen molar-refractivity contribution in [1.29, 1.82) is 0 Å². The van der Waals surface area contributed by atoms with Gasteiger partial charge in [-0.1, -0.05) is 12.1 Å².